The highest BCUT2D eigenvalue weighted by Gasteiger charge is 2.11. The monoisotopic (exact) mass is 266 g/mol. The molecule has 0 bridgehead atoms. The van der Waals surface area contributed by atoms with E-state index in [9.17, 15) is 4.39 Å². The molecule has 0 aliphatic heterocycles. The van der Waals surface area contributed by atoms with Gasteiger partial charge in [0.2, 0.25) is 0 Å². The smallest absolute Gasteiger partial charge is 0.148 e. The van der Waals surface area contributed by atoms with Gasteiger partial charge in [0.1, 0.15) is 5.82 Å². The first-order valence-corrected chi connectivity index (χ1v) is 7.25. The molecule has 0 radical (unpaired) electrons. The second-order valence-electron chi connectivity index (χ2n) is 5.43. The summed E-state index contributed by atoms with van der Waals surface area (Å²) in [5.74, 6) is 0.492. The Kier molecular flexibility index (Phi) is 6.13. The highest BCUT2D eigenvalue weighted by molar-refractivity contribution is 5.56. The number of rotatable bonds is 7. The molecule has 108 valence electrons. The van der Waals surface area contributed by atoms with Gasteiger partial charge in [0, 0.05) is 25.3 Å². The maximum atomic E-state index is 14.1. The zero-order valence-electron chi connectivity index (χ0n) is 12.8. The summed E-state index contributed by atoms with van der Waals surface area (Å²) in [6.07, 6.45) is 2.31. The van der Waals surface area contributed by atoms with Gasteiger partial charge in [-0.2, -0.15) is 0 Å². The molecule has 0 amide bonds. The van der Waals surface area contributed by atoms with E-state index >= 15 is 0 Å². The molecule has 19 heavy (non-hydrogen) atoms. The van der Waals surface area contributed by atoms with E-state index in [2.05, 4.69) is 33.0 Å². The largest absolute Gasteiger partial charge is 0.385 e. The molecular weight excluding hydrogens is 239 g/mol. The van der Waals surface area contributed by atoms with Crippen LogP contribution in [0.5, 0.6) is 0 Å². The predicted molar refractivity (Wildman–Crippen MR) is 82.5 cm³/mol. The lowest BCUT2D eigenvalue weighted by Crippen LogP contribution is -2.26. The molecule has 3 heteroatoms. The van der Waals surface area contributed by atoms with Gasteiger partial charge < -0.3 is 10.2 Å². The highest BCUT2D eigenvalue weighted by Crippen LogP contribution is 2.23. The molecule has 0 aromatic heterocycles. The highest BCUT2D eigenvalue weighted by atomic mass is 19.1. The Bertz CT molecular complexity index is 386. The van der Waals surface area contributed by atoms with Crippen LogP contribution in [0, 0.1) is 11.7 Å². The summed E-state index contributed by atoms with van der Waals surface area (Å²) in [5, 5.41) is 3.32. The lowest BCUT2D eigenvalue weighted by atomic mass is 10.0. The van der Waals surface area contributed by atoms with Crippen molar-refractivity contribution < 1.29 is 4.39 Å². The SMILES string of the molecule is CCC(CC)CNc1ccc(N(C)C(C)C)c(F)c1. The van der Waals surface area contributed by atoms with Gasteiger partial charge in [-0.25, -0.2) is 4.39 Å². The fourth-order valence-electron chi connectivity index (χ4n) is 2.02. The molecule has 0 aliphatic carbocycles. The second-order valence-corrected chi connectivity index (χ2v) is 5.43. The van der Waals surface area contributed by atoms with Crippen molar-refractivity contribution in [1.82, 2.24) is 0 Å². The molecule has 0 saturated carbocycles. The summed E-state index contributed by atoms with van der Waals surface area (Å²) in [7, 11) is 1.92. The normalized spacial score (nSPS) is 11.2. The lowest BCUT2D eigenvalue weighted by molar-refractivity contribution is 0.519. The van der Waals surface area contributed by atoms with Crippen LogP contribution in [0.3, 0.4) is 0 Å². The quantitative estimate of drug-likeness (QED) is 0.780. The number of hydrogen-bond donors (Lipinski definition) is 1. The van der Waals surface area contributed by atoms with E-state index in [1.807, 2.05) is 24.1 Å². The number of halogens is 1. The molecule has 0 heterocycles. The van der Waals surface area contributed by atoms with Gasteiger partial charge in [0.25, 0.3) is 0 Å². The minimum Gasteiger partial charge on any atom is -0.385 e. The molecule has 0 spiro atoms. The third-order valence-electron chi connectivity index (χ3n) is 3.85. The summed E-state index contributed by atoms with van der Waals surface area (Å²) in [6, 6.07) is 5.69. The van der Waals surface area contributed by atoms with Gasteiger partial charge in [-0.1, -0.05) is 26.7 Å². The van der Waals surface area contributed by atoms with Crippen molar-refractivity contribution in [3.63, 3.8) is 0 Å². The molecule has 0 aliphatic rings. The molecule has 1 aromatic carbocycles. The van der Waals surface area contributed by atoms with Crippen LogP contribution in [0.1, 0.15) is 40.5 Å². The van der Waals surface area contributed by atoms with Crippen molar-refractivity contribution >= 4 is 11.4 Å². The third kappa shape index (κ3) is 4.41. The van der Waals surface area contributed by atoms with Gasteiger partial charge in [-0.15, -0.1) is 0 Å². The van der Waals surface area contributed by atoms with Gasteiger partial charge in [0.15, 0.2) is 0 Å². The minimum atomic E-state index is -0.161. The summed E-state index contributed by atoms with van der Waals surface area (Å²) in [6.45, 7) is 9.40. The van der Waals surface area contributed by atoms with Crippen LogP contribution in [0.25, 0.3) is 0 Å². The number of nitrogens with one attached hydrogen (secondary N) is 1. The minimum absolute atomic E-state index is 0.161. The molecule has 0 saturated heterocycles. The predicted octanol–water partition coefficient (Wildman–Crippen LogP) is 4.52. The van der Waals surface area contributed by atoms with E-state index in [0.29, 0.717) is 11.6 Å². The third-order valence-corrected chi connectivity index (χ3v) is 3.85. The summed E-state index contributed by atoms with van der Waals surface area (Å²) in [4.78, 5) is 1.94. The maximum absolute atomic E-state index is 14.1. The van der Waals surface area contributed by atoms with Crippen LogP contribution in [0.2, 0.25) is 0 Å². The first-order valence-electron chi connectivity index (χ1n) is 7.25. The molecule has 1 rings (SSSR count). The Morgan fingerprint density at radius 1 is 1.21 bits per heavy atom. The van der Waals surface area contributed by atoms with Crippen molar-refractivity contribution in [3.8, 4) is 0 Å². The Hall–Kier alpha value is -1.25. The number of nitrogens with zero attached hydrogens (tertiary/aromatic N) is 1. The molecule has 2 nitrogen and oxygen atoms in total. The maximum Gasteiger partial charge on any atom is 0.148 e. The number of benzene rings is 1. The van der Waals surface area contributed by atoms with Crippen molar-refractivity contribution in [2.45, 2.75) is 46.6 Å². The average molecular weight is 266 g/mol. The molecule has 1 N–H and O–H groups in total. The molecule has 0 unspecified atom stereocenters. The Morgan fingerprint density at radius 2 is 1.84 bits per heavy atom. The van der Waals surface area contributed by atoms with E-state index in [1.54, 1.807) is 6.07 Å². The van der Waals surface area contributed by atoms with Crippen LogP contribution in [-0.4, -0.2) is 19.6 Å². The van der Waals surface area contributed by atoms with Crippen LogP contribution >= 0.6 is 0 Å². The second kappa shape index (κ2) is 7.37. The fourth-order valence-corrected chi connectivity index (χ4v) is 2.02. The topological polar surface area (TPSA) is 15.3 Å². The van der Waals surface area contributed by atoms with E-state index in [1.165, 1.54) is 0 Å². The van der Waals surface area contributed by atoms with Gasteiger partial charge >= 0.3 is 0 Å². The van der Waals surface area contributed by atoms with Gasteiger partial charge in [-0.3, -0.25) is 0 Å². The van der Waals surface area contributed by atoms with E-state index in [0.717, 1.165) is 25.1 Å². The van der Waals surface area contributed by atoms with Crippen molar-refractivity contribution in [2.75, 3.05) is 23.8 Å². The van der Waals surface area contributed by atoms with E-state index in [-0.39, 0.29) is 11.9 Å². The van der Waals surface area contributed by atoms with Crippen LogP contribution < -0.4 is 10.2 Å². The number of anilines is 2. The standard InChI is InChI=1S/C16H27FN2/c1-6-13(7-2)11-18-14-8-9-16(15(17)10-14)19(5)12(3)4/h8-10,12-13,18H,6-7,11H2,1-5H3. The first kappa shape index (κ1) is 15.8. The fraction of sp³-hybridized carbons (Fsp3) is 0.625. The zero-order chi connectivity index (χ0) is 14.4. The van der Waals surface area contributed by atoms with E-state index < -0.39 is 0 Å². The van der Waals surface area contributed by atoms with Crippen LogP contribution in [0.4, 0.5) is 15.8 Å². The lowest BCUT2D eigenvalue weighted by Gasteiger charge is -2.24. The van der Waals surface area contributed by atoms with Crippen molar-refractivity contribution in [2.24, 2.45) is 5.92 Å². The molecule has 0 atom stereocenters. The Morgan fingerprint density at radius 3 is 2.32 bits per heavy atom. The molecule has 1 aromatic rings. The van der Waals surface area contributed by atoms with Crippen molar-refractivity contribution in [1.29, 1.82) is 0 Å². The summed E-state index contributed by atoms with van der Waals surface area (Å²) in [5.41, 5.74) is 1.52. The average Bonchev–Trinajstić information content (AvgIpc) is 2.39. The summed E-state index contributed by atoms with van der Waals surface area (Å²) < 4.78 is 14.1. The van der Waals surface area contributed by atoms with Gasteiger partial charge in [0.05, 0.1) is 5.69 Å². The van der Waals surface area contributed by atoms with Crippen LogP contribution in [0.15, 0.2) is 18.2 Å². The number of hydrogen-bond acceptors (Lipinski definition) is 2. The first-order chi connectivity index (χ1) is 8.99. The van der Waals surface area contributed by atoms with E-state index in [4.69, 9.17) is 0 Å². The molecular formula is C16H27FN2. The van der Waals surface area contributed by atoms with Gasteiger partial charge in [-0.05, 0) is 38.0 Å². The van der Waals surface area contributed by atoms with Crippen LogP contribution in [-0.2, 0) is 0 Å². The Labute approximate surface area is 117 Å². The zero-order valence-corrected chi connectivity index (χ0v) is 12.8. The Balaban J connectivity index is 2.71. The van der Waals surface area contributed by atoms with Crippen molar-refractivity contribution in [3.05, 3.63) is 24.0 Å². The summed E-state index contributed by atoms with van der Waals surface area (Å²) >= 11 is 0. The molecule has 0 fully saturated rings.